The van der Waals surface area contributed by atoms with E-state index in [2.05, 4.69) is 25.4 Å². The number of rotatable bonds is 5. The molecule has 0 unspecified atom stereocenters. The van der Waals surface area contributed by atoms with Crippen LogP contribution in [0.4, 0.5) is 0 Å². The Morgan fingerprint density at radius 3 is 2.91 bits per heavy atom. The molecular formula is C16H23N5O2. The summed E-state index contributed by atoms with van der Waals surface area (Å²) in [6.07, 6.45) is 3.43. The minimum atomic E-state index is -0.173. The molecule has 0 bridgehead atoms. The fraction of sp³-hybridized carbons (Fsp3) is 0.562. The van der Waals surface area contributed by atoms with E-state index in [9.17, 15) is 4.79 Å². The third-order valence-corrected chi connectivity index (χ3v) is 4.28. The van der Waals surface area contributed by atoms with Gasteiger partial charge in [-0.25, -0.2) is 4.98 Å². The number of aromatic nitrogens is 3. The highest BCUT2D eigenvalue weighted by Gasteiger charge is 2.26. The van der Waals surface area contributed by atoms with Crippen LogP contribution in [-0.4, -0.2) is 39.1 Å². The number of furan rings is 1. The molecule has 23 heavy (non-hydrogen) atoms. The summed E-state index contributed by atoms with van der Waals surface area (Å²) < 4.78 is 5.38. The second kappa shape index (κ2) is 6.95. The van der Waals surface area contributed by atoms with Crippen LogP contribution in [-0.2, 0) is 11.3 Å². The number of hydrogen-bond donors (Lipinski definition) is 2. The minimum Gasteiger partial charge on any atom is -0.468 e. The summed E-state index contributed by atoms with van der Waals surface area (Å²) in [4.78, 5) is 19.0. The third-order valence-electron chi connectivity index (χ3n) is 4.28. The van der Waals surface area contributed by atoms with E-state index in [1.807, 2.05) is 26.0 Å². The highest BCUT2D eigenvalue weighted by atomic mass is 16.3. The standard InChI is InChI=1S/C16H23N5O2/c1-11(15-18-12(2)19-20-15)17-16(22)13-5-7-21(8-6-13)10-14-4-3-9-23-14/h3-4,9,11,13H,5-8,10H2,1-2H3,(H,17,22)(H,18,19,20)/t11-/m0/s1. The highest BCUT2D eigenvalue weighted by Crippen LogP contribution is 2.20. The number of amides is 1. The first-order valence-corrected chi connectivity index (χ1v) is 8.06. The SMILES string of the molecule is Cc1nc([C@H](C)NC(=O)C2CCN(Cc3ccco3)CC2)n[nH]1. The van der Waals surface area contributed by atoms with Crippen LogP contribution >= 0.6 is 0 Å². The van der Waals surface area contributed by atoms with E-state index in [1.54, 1.807) is 6.26 Å². The summed E-state index contributed by atoms with van der Waals surface area (Å²) in [6.45, 7) is 6.39. The number of likely N-dealkylation sites (tertiary alicyclic amines) is 1. The zero-order chi connectivity index (χ0) is 16.2. The van der Waals surface area contributed by atoms with Crippen molar-refractivity contribution >= 4 is 5.91 Å². The molecule has 1 atom stereocenters. The average molecular weight is 317 g/mol. The van der Waals surface area contributed by atoms with Crippen LogP contribution in [0.25, 0.3) is 0 Å². The molecule has 124 valence electrons. The normalized spacial score (nSPS) is 18.0. The number of hydrogen-bond acceptors (Lipinski definition) is 5. The number of carbonyl (C=O) groups excluding carboxylic acids is 1. The van der Waals surface area contributed by atoms with Crippen LogP contribution in [0.5, 0.6) is 0 Å². The zero-order valence-corrected chi connectivity index (χ0v) is 13.6. The van der Waals surface area contributed by atoms with Crippen molar-refractivity contribution in [2.45, 2.75) is 39.3 Å². The Labute approximate surface area is 135 Å². The number of piperidine rings is 1. The van der Waals surface area contributed by atoms with Gasteiger partial charge >= 0.3 is 0 Å². The van der Waals surface area contributed by atoms with Crippen LogP contribution in [0.3, 0.4) is 0 Å². The van der Waals surface area contributed by atoms with E-state index in [-0.39, 0.29) is 17.9 Å². The van der Waals surface area contributed by atoms with Crippen LogP contribution in [0.1, 0.15) is 43.2 Å². The fourth-order valence-electron chi connectivity index (χ4n) is 2.93. The zero-order valence-electron chi connectivity index (χ0n) is 13.6. The maximum Gasteiger partial charge on any atom is 0.223 e. The number of carbonyl (C=O) groups is 1. The van der Waals surface area contributed by atoms with E-state index >= 15 is 0 Å². The van der Waals surface area contributed by atoms with E-state index < -0.39 is 0 Å². The molecule has 7 nitrogen and oxygen atoms in total. The van der Waals surface area contributed by atoms with Crippen molar-refractivity contribution in [2.24, 2.45) is 5.92 Å². The van der Waals surface area contributed by atoms with Gasteiger partial charge in [-0.3, -0.25) is 14.8 Å². The van der Waals surface area contributed by atoms with E-state index in [0.29, 0.717) is 5.82 Å². The molecule has 1 amide bonds. The first-order chi connectivity index (χ1) is 11.1. The smallest absolute Gasteiger partial charge is 0.223 e. The maximum atomic E-state index is 12.4. The van der Waals surface area contributed by atoms with Gasteiger partial charge in [0.05, 0.1) is 18.8 Å². The van der Waals surface area contributed by atoms with Gasteiger partial charge in [0.25, 0.3) is 0 Å². The number of nitrogens with one attached hydrogen (secondary N) is 2. The minimum absolute atomic E-state index is 0.0605. The van der Waals surface area contributed by atoms with Crippen LogP contribution < -0.4 is 5.32 Å². The van der Waals surface area contributed by atoms with E-state index in [1.165, 1.54) is 0 Å². The highest BCUT2D eigenvalue weighted by molar-refractivity contribution is 5.79. The summed E-state index contributed by atoms with van der Waals surface area (Å²) in [6, 6.07) is 3.72. The van der Waals surface area contributed by atoms with E-state index in [4.69, 9.17) is 4.42 Å². The lowest BCUT2D eigenvalue weighted by Gasteiger charge is -2.31. The fourth-order valence-corrected chi connectivity index (χ4v) is 2.93. The first kappa shape index (κ1) is 15.7. The van der Waals surface area contributed by atoms with Gasteiger partial charge in [-0.05, 0) is 51.9 Å². The summed E-state index contributed by atoms with van der Waals surface area (Å²) in [7, 11) is 0. The molecule has 1 fully saturated rings. The average Bonchev–Trinajstić information content (AvgIpc) is 3.19. The van der Waals surface area contributed by atoms with Gasteiger partial charge in [-0.2, -0.15) is 5.10 Å². The Kier molecular flexibility index (Phi) is 4.76. The predicted molar refractivity (Wildman–Crippen MR) is 84.4 cm³/mol. The topological polar surface area (TPSA) is 87.1 Å². The number of aromatic amines is 1. The molecule has 0 aromatic carbocycles. The Morgan fingerprint density at radius 2 is 2.30 bits per heavy atom. The molecule has 0 saturated carbocycles. The molecule has 2 aromatic rings. The molecule has 3 heterocycles. The molecule has 1 aliphatic rings. The summed E-state index contributed by atoms with van der Waals surface area (Å²) in [5.74, 6) is 2.52. The second-order valence-electron chi connectivity index (χ2n) is 6.14. The maximum absolute atomic E-state index is 12.4. The molecule has 1 aliphatic heterocycles. The second-order valence-corrected chi connectivity index (χ2v) is 6.14. The van der Waals surface area contributed by atoms with Crippen LogP contribution in [0, 0.1) is 12.8 Å². The largest absolute Gasteiger partial charge is 0.468 e. The molecule has 7 heteroatoms. The number of aryl methyl sites for hydroxylation is 1. The molecule has 0 spiro atoms. The lowest BCUT2D eigenvalue weighted by atomic mass is 9.95. The molecule has 0 radical (unpaired) electrons. The van der Waals surface area contributed by atoms with Gasteiger partial charge in [-0.15, -0.1) is 0 Å². The third kappa shape index (κ3) is 3.98. The lowest BCUT2D eigenvalue weighted by Crippen LogP contribution is -2.41. The summed E-state index contributed by atoms with van der Waals surface area (Å²) in [5.41, 5.74) is 0. The van der Waals surface area contributed by atoms with Crippen molar-refractivity contribution in [3.05, 3.63) is 35.8 Å². The van der Waals surface area contributed by atoms with Gasteiger partial charge in [0.2, 0.25) is 5.91 Å². The molecule has 0 aliphatic carbocycles. The Hall–Kier alpha value is -2.15. The molecule has 2 N–H and O–H groups in total. The van der Waals surface area contributed by atoms with Gasteiger partial charge in [0.1, 0.15) is 11.6 Å². The van der Waals surface area contributed by atoms with E-state index in [0.717, 1.165) is 44.1 Å². The van der Waals surface area contributed by atoms with Crippen molar-refractivity contribution in [3.8, 4) is 0 Å². The first-order valence-electron chi connectivity index (χ1n) is 8.06. The van der Waals surface area contributed by atoms with Gasteiger partial charge in [0, 0.05) is 5.92 Å². The molecule has 2 aromatic heterocycles. The van der Waals surface area contributed by atoms with Gasteiger partial charge in [-0.1, -0.05) is 0 Å². The van der Waals surface area contributed by atoms with Crippen molar-refractivity contribution in [2.75, 3.05) is 13.1 Å². The van der Waals surface area contributed by atoms with Crippen molar-refractivity contribution in [1.29, 1.82) is 0 Å². The Bertz CT molecular complexity index is 629. The van der Waals surface area contributed by atoms with Crippen molar-refractivity contribution in [1.82, 2.24) is 25.4 Å². The van der Waals surface area contributed by atoms with Crippen molar-refractivity contribution in [3.63, 3.8) is 0 Å². The van der Waals surface area contributed by atoms with Crippen molar-refractivity contribution < 1.29 is 9.21 Å². The monoisotopic (exact) mass is 317 g/mol. The molecular weight excluding hydrogens is 294 g/mol. The van der Waals surface area contributed by atoms with Crippen LogP contribution in [0.15, 0.2) is 22.8 Å². The Balaban J connectivity index is 1.46. The predicted octanol–water partition coefficient (Wildman–Crippen LogP) is 1.80. The lowest BCUT2D eigenvalue weighted by molar-refractivity contribution is -0.127. The quantitative estimate of drug-likeness (QED) is 0.878. The van der Waals surface area contributed by atoms with Gasteiger partial charge in [0.15, 0.2) is 5.82 Å². The number of nitrogens with zero attached hydrogens (tertiary/aromatic N) is 3. The summed E-state index contributed by atoms with van der Waals surface area (Å²) >= 11 is 0. The number of H-pyrrole nitrogens is 1. The Morgan fingerprint density at radius 1 is 1.52 bits per heavy atom. The van der Waals surface area contributed by atoms with Gasteiger partial charge < -0.3 is 9.73 Å². The van der Waals surface area contributed by atoms with Crippen LogP contribution in [0.2, 0.25) is 0 Å². The molecule has 1 saturated heterocycles. The molecule has 3 rings (SSSR count). The summed E-state index contributed by atoms with van der Waals surface area (Å²) in [5, 5.41) is 9.92.